The van der Waals surface area contributed by atoms with Gasteiger partial charge in [0.2, 0.25) is 0 Å². The third kappa shape index (κ3) is 51.0. The van der Waals surface area contributed by atoms with E-state index in [0.717, 1.165) is 70.6 Å². The Morgan fingerprint density at radius 1 is 0.302 bits per heavy atom. The Bertz CT molecular complexity index is 978. The largest absolute Gasteiger partial charge is 0.462 e. The molecule has 0 N–H and O–H groups in total. The molecule has 0 fully saturated rings. The van der Waals surface area contributed by atoms with Crippen LogP contribution in [0.1, 0.15) is 316 Å². The van der Waals surface area contributed by atoms with Gasteiger partial charge < -0.3 is 14.2 Å². The second kappa shape index (κ2) is 52.8. The molecule has 0 spiro atoms. The fraction of sp³-hybridized carbons (Fsp3) is 0.912. The molecule has 1 atom stereocenters. The fourth-order valence-electron chi connectivity index (χ4n) is 8.50. The van der Waals surface area contributed by atoms with Gasteiger partial charge in [-0.2, -0.15) is 0 Å². The maximum absolute atomic E-state index is 12.8. The van der Waals surface area contributed by atoms with Crippen LogP contribution in [0.15, 0.2) is 12.2 Å². The predicted molar refractivity (Wildman–Crippen MR) is 270 cm³/mol. The van der Waals surface area contributed by atoms with Crippen LogP contribution in [0.5, 0.6) is 0 Å². The Balaban J connectivity index is 4.32. The van der Waals surface area contributed by atoms with Gasteiger partial charge in [-0.25, -0.2) is 0 Å². The van der Waals surface area contributed by atoms with Gasteiger partial charge in [0.1, 0.15) is 13.2 Å². The van der Waals surface area contributed by atoms with Crippen LogP contribution in [0.25, 0.3) is 0 Å². The summed E-state index contributed by atoms with van der Waals surface area (Å²) in [6, 6.07) is 0. The van der Waals surface area contributed by atoms with Crippen LogP contribution < -0.4 is 0 Å². The van der Waals surface area contributed by atoms with Crippen molar-refractivity contribution in [3.8, 4) is 0 Å². The van der Waals surface area contributed by atoms with E-state index >= 15 is 0 Å². The van der Waals surface area contributed by atoms with Crippen LogP contribution >= 0.6 is 0 Å². The molecule has 0 aliphatic heterocycles. The Morgan fingerprint density at radius 2 is 0.524 bits per heavy atom. The first-order valence-electron chi connectivity index (χ1n) is 28.2. The molecular formula is C57H108O6. The van der Waals surface area contributed by atoms with E-state index in [1.807, 2.05) is 0 Å². The molecular weight excluding hydrogens is 781 g/mol. The lowest BCUT2D eigenvalue weighted by atomic mass is 10.0. The Morgan fingerprint density at radius 3 is 0.810 bits per heavy atom. The Kier molecular flexibility index (Phi) is 51.2. The molecule has 0 saturated heterocycles. The third-order valence-corrected chi connectivity index (χ3v) is 12.8. The van der Waals surface area contributed by atoms with Crippen molar-refractivity contribution in [2.45, 2.75) is 322 Å². The summed E-state index contributed by atoms with van der Waals surface area (Å²) >= 11 is 0. The molecule has 63 heavy (non-hydrogen) atoms. The van der Waals surface area contributed by atoms with E-state index < -0.39 is 6.10 Å². The van der Waals surface area contributed by atoms with Crippen molar-refractivity contribution >= 4 is 17.9 Å². The Hall–Kier alpha value is -1.85. The number of hydrogen-bond donors (Lipinski definition) is 0. The molecule has 6 heteroatoms. The molecule has 0 aromatic rings. The standard InChI is InChI=1S/C57H108O6/c1-4-7-10-13-16-19-22-25-28-29-30-33-35-38-41-44-47-50-56(59)62-53-54(63-57(60)51-48-45-42-39-36-32-27-24-21-18-15-12-9-6-3)52-61-55(58)49-46-43-40-37-34-31-26-23-20-17-14-11-8-5-2/h32,36,54H,4-31,33-35,37-53H2,1-3H3/b36-32-. The number of carbonyl (C=O) groups excluding carboxylic acids is 3. The molecule has 372 valence electrons. The lowest BCUT2D eigenvalue weighted by Crippen LogP contribution is -2.30. The predicted octanol–water partition coefficient (Wildman–Crippen LogP) is 18.5. The van der Waals surface area contributed by atoms with Crippen molar-refractivity contribution in [2.75, 3.05) is 13.2 Å². The van der Waals surface area contributed by atoms with Crippen molar-refractivity contribution in [1.82, 2.24) is 0 Å². The van der Waals surface area contributed by atoms with Crippen molar-refractivity contribution in [3.05, 3.63) is 12.2 Å². The van der Waals surface area contributed by atoms with Gasteiger partial charge in [-0.15, -0.1) is 0 Å². The molecule has 0 aromatic carbocycles. The van der Waals surface area contributed by atoms with Gasteiger partial charge in [0.25, 0.3) is 0 Å². The average Bonchev–Trinajstić information content (AvgIpc) is 3.28. The summed E-state index contributed by atoms with van der Waals surface area (Å²) in [5, 5.41) is 0. The number of unbranched alkanes of at least 4 members (excludes halogenated alkanes) is 39. The summed E-state index contributed by atoms with van der Waals surface area (Å²) in [6.07, 6.45) is 59.1. The number of ether oxygens (including phenoxy) is 3. The van der Waals surface area contributed by atoms with E-state index in [1.54, 1.807) is 0 Å². The maximum Gasteiger partial charge on any atom is 0.306 e. The van der Waals surface area contributed by atoms with E-state index in [9.17, 15) is 14.4 Å². The SMILES string of the molecule is CCCCCCCCC/C=C\CCCCCC(=O)OC(COC(=O)CCCCCCCCCCCCCCCC)COC(=O)CCCCCCCCCCCCCCCCCCC. The summed E-state index contributed by atoms with van der Waals surface area (Å²) in [6.45, 7) is 6.67. The average molecular weight is 889 g/mol. The first-order valence-corrected chi connectivity index (χ1v) is 28.2. The molecule has 0 heterocycles. The van der Waals surface area contributed by atoms with Crippen LogP contribution in [0.2, 0.25) is 0 Å². The van der Waals surface area contributed by atoms with Gasteiger partial charge in [-0.05, 0) is 44.9 Å². The van der Waals surface area contributed by atoms with E-state index in [4.69, 9.17) is 14.2 Å². The zero-order valence-electron chi connectivity index (χ0n) is 42.6. The molecule has 0 radical (unpaired) electrons. The normalized spacial score (nSPS) is 12.0. The number of carbonyl (C=O) groups is 3. The number of esters is 3. The van der Waals surface area contributed by atoms with Crippen LogP contribution in [0.4, 0.5) is 0 Å². The van der Waals surface area contributed by atoms with E-state index in [1.165, 1.54) is 205 Å². The number of rotatable bonds is 52. The summed E-state index contributed by atoms with van der Waals surface area (Å²) in [5.41, 5.74) is 0. The van der Waals surface area contributed by atoms with E-state index in [-0.39, 0.29) is 31.1 Å². The zero-order valence-corrected chi connectivity index (χ0v) is 42.6. The smallest absolute Gasteiger partial charge is 0.306 e. The second-order valence-corrected chi connectivity index (χ2v) is 19.2. The van der Waals surface area contributed by atoms with Crippen LogP contribution in [-0.4, -0.2) is 37.2 Å². The molecule has 0 amide bonds. The zero-order chi connectivity index (χ0) is 45.8. The summed E-state index contributed by atoms with van der Waals surface area (Å²) in [4.78, 5) is 38.1. The highest BCUT2D eigenvalue weighted by Crippen LogP contribution is 2.17. The molecule has 1 unspecified atom stereocenters. The highest BCUT2D eigenvalue weighted by atomic mass is 16.6. The first kappa shape index (κ1) is 61.1. The monoisotopic (exact) mass is 889 g/mol. The highest BCUT2D eigenvalue weighted by molar-refractivity contribution is 5.71. The van der Waals surface area contributed by atoms with Gasteiger partial charge in [-0.3, -0.25) is 14.4 Å². The van der Waals surface area contributed by atoms with Gasteiger partial charge in [0, 0.05) is 19.3 Å². The van der Waals surface area contributed by atoms with E-state index in [2.05, 4.69) is 32.9 Å². The minimum atomic E-state index is -0.771. The lowest BCUT2D eigenvalue weighted by molar-refractivity contribution is -0.167. The molecule has 0 bridgehead atoms. The van der Waals surface area contributed by atoms with Gasteiger partial charge >= 0.3 is 17.9 Å². The molecule has 0 aromatic heterocycles. The van der Waals surface area contributed by atoms with E-state index in [0.29, 0.717) is 19.3 Å². The number of hydrogen-bond acceptors (Lipinski definition) is 6. The van der Waals surface area contributed by atoms with Gasteiger partial charge in [-0.1, -0.05) is 264 Å². The van der Waals surface area contributed by atoms with Crippen LogP contribution in [0, 0.1) is 0 Å². The number of allylic oxidation sites excluding steroid dienone is 2. The first-order chi connectivity index (χ1) is 31.0. The highest BCUT2D eigenvalue weighted by Gasteiger charge is 2.19. The summed E-state index contributed by atoms with van der Waals surface area (Å²) in [5.74, 6) is -0.864. The van der Waals surface area contributed by atoms with Crippen LogP contribution in [-0.2, 0) is 28.6 Å². The van der Waals surface area contributed by atoms with Crippen molar-refractivity contribution in [3.63, 3.8) is 0 Å². The summed E-state index contributed by atoms with van der Waals surface area (Å²) in [7, 11) is 0. The van der Waals surface area contributed by atoms with Crippen molar-refractivity contribution in [1.29, 1.82) is 0 Å². The van der Waals surface area contributed by atoms with Crippen molar-refractivity contribution < 1.29 is 28.6 Å². The molecule has 0 aliphatic carbocycles. The molecule has 0 rings (SSSR count). The fourth-order valence-corrected chi connectivity index (χ4v) is 8.50. The van der Waals surface area contributed by atoms with Crippen molar-refractivity contribution in [2.24, 2.45) is 0 Å². The molecule has 0 aliphatic rings. The van der Waals surface area contributed by atoms with Gasteiger partial charge in [0.05, 0.1) is 0 Å². The quantitative estimate of drug-likeness (QED) is 0.0262. The molecule has 0 saturated carbocycles. The molecule has 6 nitrogen and oxygen atoms in total. The third-order valence-electron chi connectivity index (χ3n) is 12.8. The minimum Gasteiger partial charge on any atom is -0.462 e. The topological polar surface area (TPSA) is 78.9 Å². The lowest BCUT2D eigenvalue weighted by Gasteiger charge is -2.18. The van der Waals surface area contributed by atoms with Crippen LogP contribution in [0.3, 0.4) is 0 Å². The Labute approximate surface area is 392 Å². The van der Waals surface area contributed by atoms with Gasteiger partial charge in [0.15, 0.2) is 6.10 Å². The minimum absolute atomic E-state index is 0.0702. The second-order valence-electron chi connectivity index (χ2n) is 19.2. The summed E-state index contributed by atoms with van der Waals surface area (Å²) < 4.78 is 16.8. The maximum atomic E-state index is 12.8.